The Kier molecular flexibility index (Phi) is 6.38. The number of nitrogens with one attached hydrogen (secondary N) is 1. The highest BCUT2D eigenvalue weighted by atomic mass is 16.5. The van der Waals surface area contributed by atoms with Crippen LogP contribution in [0.2, 0.25) is 0 Å². The molecule has 1 amide bonds. The maximum atomic E-state index is 12.1. The first-order valence-corrected chi connectivity index (χ1v) is 8.32. The average Bonchev–Trinajstić information content (AvgIpc) is 2.58. The van der Waals surface area contributed by atoms with Crippen LogP contribution in [-0.4, -0.2) is 32.1 Å². The van der Waals surface area contributed by atoms with Crippen molar-refractivity contribution in [1.82, 2.24) is 5.32 Å². The molecule has 0 spiro atoms. The fourth-order valence-corrected chi connectivity index (χ4v) is 2.69. The first kappa shape index (κ1) is 19.5. The first-order valence-electron chi connectivity index (χ1n) is 8.32. The molecule has 0 unspecified atom stereocenters. The van der Waals surface area contributed by atoms with Crippen LogP contribution in [-0.2, 0) is 20.7 Å². The van der Waals surface area contributed by atoms with Crippen molar-refractivity contribution in [2.45, 2.75) is 32.7 Å². The molecule has 140 valence electrons. The molecule has 0 saturated carbocycles. The van der Waals surface area contributed by atoms with E-state index in [0.29, 0.717) is 28.7 Å². The summed E-state index contributed by atoms with van der Waals surface area (Å²) in [6.07, 6.45) is 0.410. The van der Waals surface area contributed by atoms with Gasteiger partial charge in [0.05, 0.1) is 14.2 Å². The topological polar surface area (TPSA) is 94.8 Å². The van der Waals surface area contributed by atoms with Crippen LogP contribution in [0.25, 0.3) is 11.0 Å². The van der Waals surface area contributed by atoms with Gasteiger partial charge in [0.2, 0.25) is 5.91 Å². The van der Waals surface area contributed by atoms with Gasteiger partial charge in [-0.15, -0.1) is 0 Å². The zero-order valence-corrected chi connectivity index (χ0v) is 15.3. The summed E-state index contributed by atoms with van der Waals surface area (Å²) in [5, 5.41) is 3.35. The van der Waals surface area contributed by atoms with E-state index in [4.69, 9.17) is 13.9 Å². The van der Waals surface area contributed by atoms with Crippen LogP contribution in [0.5, 0.6) is 5.75 Å². The Morgan fingerprint density at radius 1 is 1.19 bits per heavy atom. The Morgan fingerprint density at radius 2 is 1.92 bits per heavy atom. The molecule has 26 heavy (non-hydrogen) atoms. The van der Waals surface area contributed by atoms with Crippen molar-refractivity contribution in [2.75, 3.05) is 14.2 Å². The van der Waals surface area contributed by atoms with Gasteiger partial charge in [-0.3, -0.25) is 4.79 Å². The van der Waals surface area contributed by atoms with Gasteiger partial charge in [-0.1, -0.05) is 13.8 Å². The molecular formula is C19H23NO6. The Hall–Kier alpha value is -2.83. The number of hydrogen-bond donors (Lipinski definition) is 1. The third-order valence-corrected chi connectivity index (χ3v) is 3.88. The normalized spacial score (nSPS) is 12.0. The van der Waals surface area contributed by atoms with Gasteiger partial charge in [0.1, 0.15) is 17.4 Å². The van der Waals surface area contributed by atoms with Crippen LogP contribution >= 0.6 is 0 Å². The lowest BCUT2D eigenvalue weighted by Gasteiger charge is -2.18. The molecule has 2 aromatic rings. The lowest BCUT2D eigenvalue weighted by Crippen LogP contribution is -2.43. The number of esters is 1. The molecule has 2 rings (SSSR count). The molecular weight excluding hydrogens is 338 g/mol. The molecule has 0 aliphatic carbocycles. The number of rotatable bonds is 7. The number of carbonyl (C=O) groups is 2. The van der Waals surface area contributed by atoms with Crippen molar-refractivity contribution in [3.63, 3.8) is 0 Å². The van der Waals surface area contributed by atoms with Crippen LogP contribution in [0.4, 0.5) is 0 Å². The van der Waals surface area contributed by atoms with Gasteiger partial charge in [-0.05, 0) is 23.6 Å². The summed E-state index contributed by atoms with van der Waals surface area (Å²) in [6.45, 7) is 3.83. The molecule has 0 aliphatic rings. The first-order chi connectivity index (χ1) is 12.3. The molecule has 0 radical (unpaired) electrons. The minimum absolute atomic E-state index is 0.116. The Bertz CT molecular complexity index is 855. The van der Waals surface area contributed by atoms with Gasteiger partial charge in [0.25, 0.3) is 0 Å². The molecule has 7 heteroatoms. The van der Waals surface area contributed by atoms with Crippen LogP contribution in [0.1, 0.15) is 25.8 Å². The summed E-state index contributed by atoms with van der Waals surface area (Å²) in [4.78, 5) is 36.1. The number of ether oxygens (including phenoxy) is 2. The quantitative estimate of drug-likeness (QED) is 0.599. The highest BCUT2D eigenvalue weighted by Crippen LogP contribution is 2.23. The standard InChI is InChI=1S/C19H23NO6/c1-11(2)7-17(21)20-15(19(23)25-4)8-12-9-18(22)26-16-10-13(24-3)5-6-14(12)16/h5-6,9-11,15H,7-8H2,1-4H3,(H,20,21)/t15-/m1/s1. The van der Waals surface area contributed by atoms with Crippen molar-refractivity contribution in [2.24, 2.45) is 5.92 Å². The summed E-state index contributed by atoms with van der Waals surface area (Å²) < 4.78 is 15.1. The second-order valence-electron chi connectivity index (χ2n) is 6.40. The van der Waals surface area contributed by atoms with E-state index in [2.05, 4.69) is 5.32 Å². The summed E-state index contributed by atoms with van der Waals surface area (Å²) in [7, 11) is 2.77. The molecule has 1 heterocycles. The fraction of sp³-hybridized carbons (Fsp3) is 0.421. The highest BCUT2D eigenvalue weighted by Gasteiger charge is 2.24. The summed E-state index contributed by atoms with van der Waals surface area (Å²) >= 11 is 0. The van der Waals surface area contributed by atoms with Crippen LogP contribution in [0.3, 0.4) is 0 Å². The lowest BCUT2D eigenvalue weighted by atomic mass is 10.0. The summed E-state index contributed by atoms with van der Waals surface area (Å²) in [5.74, 6) is -0.112. The van der Waals surface area contributed by atoms with Crippen molar-refractivity contribution in [3.8, 4) is 5.75 Å². The third-order valence-electron chi connectivity index (χ3n) is 3.88. The van der Waals surface area contributed by atoms with Gasteiger partial charge < -0.3 is 19.2 Å². The third kappa shape index (κ3) is 4.84. The van der Waals surface area contributed by atoms with E-state index in [1.807, 2.05) is 13.8 Å². The molecule has 1 aromatic heterocycles. The fourth-order valence-electron chi connectivity index (χ4n) is 2.69. The van der Waals surface area contributed by atoms with Gasteiger partial charge in [0.15, 0.2) is 0 Å². The minimum atomic E-state index is -0.890. The SMILES string of the molecule is COC(=O)[C@@H](Cc1cc(=O)oc2cc(OC)ccc12)NC(=O)CC(C)C. The Labute approximate surface area is 151 Å². The number of carbonyl (C=O) groups excluding carboxylic acids is 2. The van der Waals surface area contributed by atoms with Crippen molar-refractivity contribution >= 4 is 22.8 Å². The minimum Gasteiger partial charge on any atom is -0.497 e. The van der Waals surface area contributed by atoms with E-state index in [9.17, 15) is 14.4 Å². The monoisotopic (exact) mass is 361 g/mol. The van der Waals surface area contributed by atoms with Crippen LogP contribution in [0.15, 0.2) is 33.5 Å². The maximum absolute atomic E-state index is 12.1. The maximum Gasteiger partial charge on any atom is 0.336 e. The molecule has 0 saturated heterocycles. The number of benzene rings is 1. The molecule has 1 atom stereocenters. The van der Waals surface area contributed by atoms with Gasteiger partial charge in [-0.25, -0.2) is 9.59 Å². The van der Waals surface area contributed by atoms with Gasteiger partial charge in [0, 0.05) is 30.4 Å². The van der Waals surface area contributed by atoms with E-state index in [1.165, 1.54) is 20.3 Å². The summed E-state index contributed by atoms with van der Waals surface area (Å²) in [6, 6.07) is 5.51. The largest absolute Gasteiger partial charge is 0.497 e. The van der Waals surface area contributed by atoms with Crippen molar-refractivity contribution in [1.29, 1.82) is 0 Å². The zero-order chi connectivity index (χ0) is 19.3. The molecule has 7 nitrogen and oxygen atoms in total. The van der Waals surface area contributed by atoms with Crippen LogP contribution in [0, 0.1) is 5.92 Å². The number of amides is 1. The van der Waals surface area contributed by atoms with Crippen LogP contribution < -0.4 is 15.7 Å². The second-order valence-corrected chi connectivity index (χ2v) is 6.40. The number of methoxy groups -OCH3 is 2. The Balaban J connectivity index is 2.36. The number of hydrogen-bond acceptors (Lipinski definition) is 6. The molecule has 1 N–H and O–H groups in total. The van der Waals surface area contributed by atoms with E-state index < -0.39 is 17.6 Å². The average molecular weight is 361 g/mol. The van der Waals surface area contributed by atoms with Gasteiger partial charge in [-0.2, -0.15) is 0 Å². The number of fused-ring (bicyclic) bond motifs is 1. The molecule has 0 fully saturated rings. The molecule has 0 aliphatic heterocycles. The van der Waals surface area contributed by atoms with E-state index >= 15 is 0 Å². The zero-order valence-electron chi connectivity index (χ0n) is 15.3. The summed E-state index contributed by atoms with van der Waals surface area (Å²) in [5.41, 5.74) is 0.390. The lowest BCUT2D eigenvalue weighted by molar-refractivity contribution is -0.145. The second kappa shape index (κ2) is 8.51. The van der Waals surface area contributed by atoms with Gasteiger partial charge >= 0.3 is 11.6 Å². The molecule has 1 aromatic carbocycles. The highest BCUT2D eigenvalue weighted by molar-refractivity contribution is 5.86. The molecule has 0 bridgehead atoms. The predicted molar refractivity (Wildman–Crippen MR) is 96.1 cm³/mol. The predicted octanol–water partition coefficient (Wildman–Crippen LogP) is 2.05. The van der Waals surface area contributed by atoms with Crippen molar-refractivity contribution < 1.29 is 23.5 Å². The van der Waals surface area contributed by atoms with E-state index in [1.54, 1.807) is 18.2 Å². The van der Waals surface area contributed by atoms with E-state index in [-0.39, 0.29) is 18.2 Å². The van der Waals surface area contributed by atoms with Crippen molar-refractivity contribution in [3.05, 3.63) is 40.2 Å². The Morgan fingerprint density at radius 3 is 2.54 bits per heavy atom. The van der Waals surface area contributed by atoms with E-state index in [0.717, 1.165) is 0 Å². The smallest absolute Gasteiger partial charge is 0.336 e.